The average molecular weight is 361 g/mol. The number of fused-ring (bicyclic) bond motifs is 3. The number of hydrogen-bond acceptors (Lipinski definition) is 4. The molecule has 2 aromatic heterocycles. The van der Waals surface area contributed by atoms with Gasteiger partial charge in [0.15, 0.2) is 0 Å². The minimum atomic E-state index is -0.359. The largest absolute Gasteiger partial charge is 0.448 e. The van der Waals surface area contributed by atoms with E-state index in [2.05, 4.69) is 10.3 Å². The van der Waals surface area contributed by atoms with Gasteiger partial charge in [-0.15, -0.1) is 0 Å². The van der Waals surface area contributed by atoms with Gasteiger partial charge >= 0.3 is 0 Å². The number of nitrogens with one attached hydrogen (secondary N) is 1. The van der Waals surface area contributed by atoms with Gasteiger partial charge in [-0.25, -0.2) is 4.98 Å². The maximum atomic E-state index is 12.6. The van der Waals surface area contributed by atoms with Crippen molar-refractivity contribution in [3.05, 3.63) is 76.8 Å². The zero-order valence-electron chi connectivity index (χ0n) is 14.9. The number of carbonyl (C=O) groups is 1. The lowest BCUT2D eigenvalue weighted by Crippen LogP contribution is -2.34. The zero-order chi connectivity index (χ0) is 18.8. The van der Waals surface area contributed by atoms with Crippen LogP contribution in [0.5, 0.6) is 0 Å². The van der Waals surface area contributed by atoms with Crippen LogP contribution < -0.4 is 10.9 Å². The molecule has 2 heterocycles. The van der Waals surface area contributed by atoms with Gasteiger partial charge in [-0.2, -0.15) is 0 Å². The predicted molar refractivity (Wildman–Crippen MR) is 104 cm³/mol. The normalized spacial score (nSPS) is 12.3. The molecule has 1 N–H and O–H groups in total. The SMILES string of the molecule is CC(CNC(=O)Cn1cnc2c(oc3ccccc32)c1=O)c1ccccc1. The molecule has 4 aromatic rings. The van der Waals surface area contributed by atoms with Crippen molar-refractivity contribution in [1.82, 2.24) is 14.9 Å². The first-order valence-electron chi connectivity index (χ1n) is 8.82. The fraction of sp³-hybridized carbons (Fsp3) is 0.190. The Labute approximate surface area is 155 Å². The Morgan fingerprint density at radius 3 is 2.70 bits per heavy atom. The minimum Gasteiger partial charge on any atom is -0.448 e. The summed E-state index contributed by atoms with van der Waals surface area (Å²) in [5.41, 5.74) is 2.09. The van der Waals surface area contributed by atoms with E-state index in [1.807, 2.05) is 55.5 Å². The zero-order valence-corrected chi connectivity index (χ0v) is 14.9. The van der Waals surface area contributed by atoms with Crippen molar-refractivity contribution in [1.29, 1.82) is 0 Å². The molecular formula is C21H19N3O3. The van der Waals surface area contributed by atoms with Crippen LogP contribution >= 0.6 is 0 Å². The molecule has 27 heavy (non-hydrogen) atoms. The molecule has 0 fully saturated rings. The van der Waals surface area contributed by atoms with E-state index in [4.69, 9.17) is 4.42 Å². The van der Waals surface area contributed by atoms with Crippen LogP contribution in [0.25, 0.3) is 22.1 Å². The van der Waals surface area contributed by atoms with Crippen LogP contribution in [0.3, 0.4) is 0 Å². The first-order valence-corrected chi connectivity index (χ1v) is 8.82. The highest BCUT2D eigenvalue weighted by molar-refractivity contribution is 6.01. The van der Waals surface area contributed by atoms with Crippen LogP contribution in [0.15, 0.2) is 70.1 Å². The Morgan fingerprint density at radius 1 is 1.15 bits per heavy atom. The van der Waals surface area contributed by atoms with Gasteiger partial charge in [0.25, 0.3) is 5.56 Å². The second-order valence-corrected chi connectivity index (χ2v) is 6.57. The van der Waals surface area contributed by atoms with E-state index in [0.29, 0.717) is 17.6 Å². The summed E-state index contributed by atoms with van der Waals surface area (Å²) in [7, 11) is 0. The molecule has 0 saturated carbocycles. The van der Waals surface area contributed by atoms with Crippen LogP contribution in [-0.2, 0) is 11.3 Å². The highest BCUT2D eigenvalue weighted by Crippen LogP contribution is 2.23. The minimum absolute atomic E-state index is 0.0969. The van der Waals surface area contributed by atoms with Crippen LogP contribution in [0.1, 0.15) is 18.4 Å². The van der Waals surface area contributed by atoms with Gasteiger partial charge in [0.05, 0.1) is 6.33 Å². The lowest BCUT2D eigenvalue weighted by molar-refractivity contribution is -0.121. The molecule has 1 atom stereocenters. The molecule has 1 unspecified atom stereocenters. The summed E-state index contributed by atoms with van der Waals surface area (Å²) in [5, 5.41) is 3.66. The fourth-order valence-corrected chi connectivity index (χ4v) is 3.10. The monoisotopic (exact) mass is 361 g/mol. The number of para-hydroxylation sites is 1. The Bertz CT molecular complexity index is 1160. The van der Waals surface area contributed by atoms with E-state index in [0.717, 1.165) is 10.9 Å². The number of hydrogen-bond donors (Lipinski definition) is 1. The van der Waals surface area contributed by atoms with Crippen molar-refractivity contribution in [2.24, 2.45) is 0 Å². The second-order valence-electron chi connectivity index (χ2n) is 6.57. The fourth-order valence-electron chi connectivity index (χ4n) is 3.10. The van der Waals surface area contributed by atoms with Gasteiger partial charge in [0.2, 0.25) is 11.5 Å². The molecule has 0 aliphatic heterocycles. The van der Waals surface area contributed by atoms with E-state index in [1.54, 1.807) is 6.07 Å². The molecule has 0 spiro atoms. The van der Waals surface area contributed by atoms with E-state index in [9.17, 15) is 9.59 Å². The van der Waals surface area contributed by atoms with Crippen molar-refractivity contribution < 1.29 is 9.21 Å². The average Bonchev–Trinajstić information content (AvgIpc) is 3.08. The molecular weight excluding hydrogens is 342 g/mol. The summed E-state index contributed by atoms with van der Waals surface area (Å²) in [6.07, 6.45) is 1.40. The molecule has 1 amide bonds. The van der Waals surface area contributed by atoms with Gasteiger partial charge in [-0.1, -0.05) is 49.4 Å². The van der Waals surface area contributed by atoms with E-state index >= 15 is 0 Å². The van der Waals surface area contributed by atoms with E-state index in [1.165, 1.54) is 10.9 Å². The van der Waals surface area contributed by atoms with Crippen molar-refractivity contribution in [2.45, 2.75) is 19.4 Å². The Kier molecular flexibility index (Phi) is 4.46. The molecule has 6 heteroatoms. The molecule has 2 aromatic carbocycles. The van der Waals surface area contributed by atoms with Gasteiger partial charge < -0.3 is 9.73 Å². The Balaban J connectivity index is 1.50. The number of nitrogens with zero attached hydrogens (tertiary/aromatic N) is 2. The summed E-state index contributed by atoms with van der Waals surface area (Å²) in [4.78, 5) is 29.2. The highest BCUT2D eigenvalue weighted by Gasteiger charge is 2.15. The molecule has 136 valence electrons. The first kappa shape index (κ1) is 17.0. The van der Waals surface area contributed by atoms with Crippen molar-refractivity contribution in [3.63, 3.8) is 0 Å². The number of carbonyl (C=O) groups excluding carboxylic acids is 1. The van der Waals surface area contributed by atoms with Crippen molar-refractivity contribution in [3.8, 4) is 0 Å². The number of aromatic nitrogens is 2. The summed E-state index contributed by atoms with van der Waals surface area (Å²) < 4.78 is 6.90. The first-order chi connectivity index (χ1) is 13.1. The van der Waals surface area contributed by atoms with Crippen molar-refractivity contribution >= 4 is 28.0 Å². The molecule has 0 saturated heterocycles. The number of furan rings is 1. The van der Waals surface area contributed by atoms with Crippen LogP contribution in [0.4, 0.5) is 0 Å². The quantitative estimate of drug-likeness (QED) is 0.593. The Morgan fingerprint density at radius 2 is 1.89 bits per heavy atom. The maximum absolute atomic E-state index is 12.6. The molecule has 0 bridgehead atoms. The Hall–Kier alpha value is -3.41. The smallest absolute Gasteiger partial charge is 0.297 e. The molecule has 0 radical (unpaired) electrons. The van der Waals surface area contributed by atoms with Gasteiger partial charge in [0, 0.05) is 11.9 Å². The van der Waals surface area contributed by atoms with Crippen molar-refractivity contribution in [2.75, 3.05) is 6.54 Å². The summed E-state index contributed by atoms with van der Waals surface area (Å²) in [6.45, 7) is 2.45. The van der Waals surface area contributed by atoms with E-state index in [-0.39, 0.29) is 29.5 Å². The van der Waals surface area contributed by atoms with Crippen LogP contribution in [-0.4, -0.2) is 22.0 Å². The third kappa shape index (κ3) is 3.33. The van der Waals surface area contributed by atoms with Crippen LogP contribution in [0.2, 0.25) is 0 Å². The highest BCUT2D eigenvalue weighted by atomic mass is 16.3. The molecule has 0 aliphatic rings. The number of benzene rings is 2. The molecule has 0 aliphatic carbocycles. The summed E-state index contributed by atoms with van der Waals surface area (Å²) >= 11 is 0. The number of rotatable bonds is 5. The standard InChI is InChI=1S/C21H19N3O3/c1-14(15-7-3-2-4-8-15)11-22-18(25)12-24-13-23-19-16-9-5-6-10-17(16)27-20(19)21(24)26/h2-10,13-14H,11-12H2,1H3,(H,22,25). The summed E-state index contributed by atoms with van der Waals surface area (Å²) in [6, 6.07) is 17.3. The second kappa shape index (κ2) is 7.07. The molecule has 4 rings (SSSR count). The predicted octanol–water partition coefficient (Wildman–Crippen LogP) is 3.06. The lowest BCUT2D eigenvalue weighted by Gasteiger charge is -2.13. The van der Waals surface area contributed by atoms with Gasteiger partial charge in [0.1, 0.15) is 17.6 Å². The third-order valence-electron chi connectivity index (χ3n) is 4.64. The third-order valence-corrected chi connectivity index (χ3v) is 4.64. The van der Waals surface area contributed by atoms with E-state index < -0.39 is 0 Å². The topological polar surface area (TPSA) is 77.1 Å². The summed E-state index contributed by atoms with van der Waals surface area (Å²) in [5.74, 6) is -0.0556. The number of amides is 1. The maximum Gasteiger partial charge on any atom is 0.297 e. The lowest BCUT2D eigenvalue weighted by atomic mass is 10.0. The van der Waals surface area contributed by atoms with Gasteiger partial charge in [-0.05, 0) is 23.6 Å². The van der Waals surface area contributed by atoms with Gasteiger partial charge in [-0.3, -0.25) is 14.2 Å². The van der Waals surface area contributed by atoms with Crippen LogP contribution in [0, 0.1) is 0 Å². The molecule has 6 nitrogen and oxygen atoms in total.